The second-order valence-electron chi connectivity index (χ2n) is 5.70. The van der Waals surface area contributed by atoms with E-state index in [0.717, 1.165) is 21.8 Å². The van der Waals surface area contributed by atoms with Gasteiger partial charge in [-0.25, -0.2) is 4.98 Å². The number of aromatic nitrogens is 2. The normalized spacial score (nSPS) is 11.9. The van der Waals surface area contributed by atoms with Crippen molar-refractivity contribution in [1.82, 2.24) is 9.97 Å². The first-order chi connectivity index (χ1) is 9.04. The summed E-state index contributed by atoms with van der Waals surface area (Å²) in [6.45, 7) is 6.55. The first-order valence-electron chi connectivity index (χ1n) is 6.35. The molecule has 0 N–H and O–H groups in total. The summed E-state index contributed by atoms with van der Waals surface area (Å²) in [6.07, 6.45) is 1.92. The van der Waals surface area contributed by atoms with Gasteiger partial charge in [0.15, 0.2) is 0 Å². The molecule has 0 aliphatic carbocycles. The molecule has 0 radical (unpaired) electrons. The average molecular weight is 268 g/mol. The van der Waals surface area contributed by atoms with Gasteiger partial charge in [0.05, 0.1) is 16.4 Å². The summed E-state index contributed by atoms with van der Waals surface area (Å²) >= 11 is 1.71. The van der Waals surface area contributed by atoms with E-state index in [1.54, 1.807) is 11.3 Å². The molecule has 19 heavy (non-hydrogen) atoms. The molecule has 0 fully saturated rings. The van der Waals surface area contributed by atoms with Crippen LogP contribution in [-0.2, 0) is 5.41 Å². The van der Waals surface area contributed by atoms with Crippen LogP contribution in [0.3, 0.4) is 0 Å². The summed E-state index contributed by atoms with van der Waals surface area (Å²) in [6, 6.07) is 10.4. The Kier molecular flexibility index (Phi) is 2.86. The molecule has 0 amide bonds. The molecule has 0 spiro atoms. The summed E-state index contributed by atoms with van der Waals surface area (Å²) in [5.74, 6) is 0. The summed E-state index contributed by atoms with van der Waals surface area (Å²) < 4.78 is 0. The highest BCUT2D eigenvalue weighted by molar-refractivity contribution is 7.10. The van der Waals surface area contributed by atoms with Gasteiger partial charge < -0.3 is 0 Å². The van der Waals surface area contributed by atoms with E-state index in [2.05, 4.69) is 49.3 Å². The standard InChI is InChI=1S/C16H16N2S/c1-16(2,3)15-18-14(10-19-15)13-8-11-6-4-5-7-12(11)9-17-13/h4-10H,1-3H3. The van der Waals surface area contributed by atoms with E-state index in [0.29, 0.717) is 0 Å². The molecule has 0 saturated carbocycles. The zero-order chi connectivity index (χ0) is 13.5. The van der Waals surface area contributed by atoms with Crippen molar-refractivity contribution in [2.75, 3.05) is 0 Å². The Hall–Kier alpha value is -1.74. The van der Waals surface area contributed by atoms with E-state index in [4.69, 9.17) is 4.98 Å². The largest absolute Gasteiger partial charge is 0.254 e. The topological polar surface area (TPSA) is 25.8 Å². The van der Waals surface area contributed by atoms with Crippen molar-refractivity contribution in [1.29, 1.82) is 0 Å². The first kappa shape index (κ1) is 12.3. The second-order valence-corrected chi connectivity index (χ2v) is 6.56. The first-order valence-corrected chi connectivity index (χ1v) is 7.23. The molecule has 3 aromatic rings. The van der Waals surface area contributed by atoms with Gasteiger partial charge in [-0.05, 0) is 11.5 Å². The van der Waals surface area contributed by atoms with Gasteiger partial charge in [0, 0.05) is 22.4 Å². The van der Waals surface area contributed by atoms with Gasteiger partial charge in [-0.1, -0.05) is 45.0 Å². The number of hydrogen-bond acceptors (Lipinski definition) is 3. The third kappa shape index (κ3) is 2.38. The van der Waals surface area contributed by atoms with Gasteiger partial charge in [-0.15, -0.1) is 11.3 Å². The molecule has 1 aromatic carbocycles. The van der Waals surface area contributed by atoms with Crippen molar-refractivity contribution in [3.8, 4) is 11.4 Å². The minimum atomic E-state index is 0.0970. The quantitative estimate of drug-likeness (QED) is 0.641. The van der Waals surface area contributed by atoms with E-state index >= 15 is 0 Å². The van der Waals surface area contributed by atoms with Crippen LogP contribution < -0.4 is 0 Å². The molecular weight excluding hydrogens is 252 g/mol. The number of pyridine rings is 1. The highest BCUT2D eigenvalue weighted by Gasteiger charge is 2.18. The van der Waals surface area contributed by atoms with Gasteiger partial charge in [0.25, 0.3) is 0 Å². The van der Waals surface area contributed by atoms with Crippen molar-refractivity contribution < 1.29 is 0 Å². The van der Waals surface area contributed by atoms with E-state index in [1.165, 1.54) is 5.39 Å². The molecule has 0 aliphatic heterocycles. The van der Waals surface area contributed by atoms with Crippen molar-refractivity contribution in [2.45, 2.75) is 26.2 Å². The lowest BCUT2D eigenvalue weighted by Crippen LogP contribution is -2.10. The fraction of sp³-hybridized carbons (Fsp3) is 0.250. The summed E-state index contributed by atoms with van der Waals surface area (Å²) in [7, 11) is 0. The fourth-order valence-electron chi connectivity index (χ4n) is 1.96. The van der Waals surface area contributed by atoms with Crippen LogP contribution in [0, 0.1) is 0 Å². The summed E-state index contributed by atoms with van der Waals surface area (Å²) in [5.41, 5.74) is 2.02. The van der Waals surface area contributed by atoms with Crippen molar-refractivity contribution >= 4 is 22.1 Å². The lowest BCUT2D eigenvalue weighted by molar-refractivity contribution is 0.586. The molecule has 0 aliphatic rings. The molecule has 2 nitrogen and oxygen atoms in total. The van der Waals surface area contributed by atoms with Crippen LogP contribution in [0.2, 0.25) is 0 Å². The SMILES string of the molecule is CC(C)(C)c1nc(-c2cc3ccccc3cn2)cs1. The highest BCUT2D eigenvalue weighted by Crippen LogP contribution is 2.30. The Morgan fingerprint density at radius 1 is 1.00 bits per heavy atom. The van der Waals surface area contributed by atoms with Crippen LogP contribution in [0.25, 0.3) is 22.2 Å². The third-order valence-electron chi connectivity index (χ3n) is 3.04. The molecular formula is C16H16N2S. The summed E-state index contributed by atoms with van der Waals surface area (Å²) in [5, 5.41) is 5.62. The maximum Gasteiger partial charge on any atom is 0.0999 e. The molecule has 96 valence electrons. The Labute approximate surface area is 117 Å². The molecule has 2 aromatic heterocycles. The maximum absolute atomic E-state index is 4.71. The van der Waals surface area contributed by atoms with E-state index < -0.39 is 0 Å². The Morgan fingerprint density at radius 2 is 1.74 bits per heavy atom. The van der Waals surface area contributed by atoms with E-state index in [9.17, 15) is 0 Å². The monoisotopic (exact) mass is 268 g/mol. The molecule has 0 unspecified atom stereocenters. The van der Waals surface area contributed by atoms with Crippen LogP contribution in [0.4, 0.5) is 0 Å². The van der Waals surface area contributed by atoms with Crippen LogP contribution in [-0.4, -0.2) is 9.97 Å². The van der Waals surface area contributed by atoms with Crippen LogP contribution in [0.5, 0.6) is 0 Å². The van der Waals surface area contributed by atoms with Crippen molar-refractivity contribution in [3.63, 3.8) is 0 Å². The van der Waals surface area contributed by atoms with Gasteiger partial charge in [0.1, 0.15) is 0 Å². The van der Waals surface area contributed by atoms with Gasteiger partial charge in [-0.3, -0.25) is 4.98 Å². The Bertz CT molecular complexity index is 723. The van der Waals surface area contributed by atoms with Crippen molar-refractivity contribution in [2.24, 2.45) is 0 Å². The highest BCUT2D eigenvalue weighted by atomic mass is 32.1. The second kappa shape index (κ2) is 4.42. The maximum atomic E-state index is 4.71. The number of fused-ring (bicyclic) bond motifs is 1. The van der Waals surface area contributed by atoms with Crippen LogP contribution in [0.1, 0.15) is 25.8 Å². The van der Waals surface area contributed by atoms with E-state index in [-0.39, 0.29) is 5.41 Å². The number of thiazole rings is 1. The van der Waals surface area contributed by atoms with Gasteiger partial charge in [-0.2, -0.15) is 0 Å². The van der Waals surface area contributed by atoms with Gasteiger partial charge >= 0.3 is 0 Å². The van der Waals surface area contributed by atoms with E-state index in [1.807, 2.05) is 18.3 Å². The molecule has 0 atom stereocenters. The van der Waals surface area contributed by atoms with Crippen molar-refractivity contribution in [3.05, 3.63) is 46.9 Å². The minimum Gasteiger partial charge on any atom is -0.254 e. The molecule has 0 bridgehead atoms. The smallest absolute Gasteiger partial charge is 0.0999 e. The number of nitrogens with zero attached hydrogens (tertiary/aromatic N) is 2. The Morgan fingerprint density at radius 3 is 2.42 bits per heavy atom. The zero-order valence-electron chi connectivity index (χ0n) is 11.3. The lowest BCUT2D eigenvalue weighted by Gasteiger charge is -2.13. The lowest BCUT2D eigenvalue weighted by atomic mass is 9.98. The predicted octanol–water partition coefficient (Wildman–Crippen LogP) is 4.66. The fourth-order valence-corrected chi connectivity index (χ4v) is 2.86. The molecule has 2 heterocycles. The predicted molar refractivity (Wildman–Crippen MR) is 81.6 cm³/mol. The number of rotatable bonds is 1. The number of benzene rings is 1. The van der Waals surface area contributed by atoms with Crippen LogP contribution in [0.15, 0.2) is 41.9 Å². The van der Waals surface area contributed by atoms with Crippen LogP contribution >= 0.6 is 11.3 Å². The molecule has 3 rings (SSSR count). The van der Waals surface area contributed by atoms with Gasteiger partial charge in [0.2, 0.25) is 0 Å². The zero-order valence-corrected chi connectivity index (χ0v) is 12.2. The average Bonchev–Trinajstić information content (AvgIpc) is 2.87. The minimum absolute atomic E-state index is 0.0970. The third-order valence-corrected chi connectivity index (χ3v) is 4.31. The Balaban J connectivity index is 2.07. The molecule has 3 heteroatoms. The molecule has 0 saturated heterocycles. The summed E-state index contributed by atoms with van der Waals surface area (Å²) in [4.78, 5) is 9.23. The number of hydrogen-bond donors (Lipinski definition) is 0.